The molecule has 0 spiro atoms. The van der Waals surface area contributed by atoms with Crippen LogP contribution in [0, 0.1) is 6.92 Å². The molecule has 1 unspecified atom stereocenters. The summed E-state index contributed by atoms with van der Waals surface area (Å²) in [5.41, 5.74) is 2.58. The van der Waals surface area contributed by atoms with Gasteiger partial charge in [0.15, 0.2) is 5.69 Å². The third kappa shape index (κ3) is 2.91. The Hall–Kier alpha value is -2.80. The predicted molar refractivity (Wildman–Crippen MR) is 85.4 cm³/mol. The van der Waals surface area contributed by atoms with Crippen LogP contribution in [0.5, 0.6) is 0 Å². The van der Waals surface area contributed by atoms with E-state index in [4.69, 9.17) is 5.11 Å². The van der Waals surface area contributed by atoms with E-state index in [2.05, 4.69) is 20.6 Å². The van der Waals surface area contributed by atoms with Gasteiger partial charge >= 0.3 is 0 Å². The van der Waals surface area contributed by atoms with E-state index in [1.807, 2.05) is 30.3 Å². The lowest BCUT2D eigenvalue weighted by atomic mass is 10.2. The van der Waals surface area contributed by atoms with Gasteiger partial charge in [-0.3, -0.25) is 9.78 Å². The van der Waals surface area contributed by atoms with Crippen LogP contribution < -0.4 is 5.32 Å². The molecule has 0 bridgehead atoms. The van der Waals surface area contributed by atoms with Crippen molar-refractivity contribution in [1.82, 2.24) is 25.3 Å². The van der Waals surface area contributed by atoms with Crippen molar-refractivity contribution in [2.24, 2.45) is 0 Å². The molecule has 0 radical (unpaired) electrons. The van der Waals surface area contributed by atoms with Crippen LogP contribution in [0.3, 0.4) is 0 Å². The summed E-state index contributed by atoms with van der Waals surface area (Å²) in [7, 11) is 0. The van der Waals surface area contributed by atoms with Crippen LogP contribution in [0.25, 0.3) is 16.6 Å². The SMILES string of the molecule is Cc1c(C(=O)NC(C)CO)nnn1-c1ccc2ncccc2c1. The summed E-state index contributed by atoms with van der Waals surface area (Å²) in [6.45, 7) is 3.37. The lowest BCUT2D eigenvalue weighted by Gasteiger charge is -2.09. The summed E-state index contributed by atoms with van der Waals surface area (Å²) in [6, 6.07) is 9.24. The maximum atomic E-state index is 12.1. The van der Waals surface area contributed by atoms with Gasteiger partial charge in [0.2, 0.25) is 0 Å². The van der Waals surface area contributed by atoms with Crippen LogP contribution in [0.2, 0.25) is 0 Å². The molecule has 0 saturated carbocycles. The zero-order valence-corrected chi connectivity index (χ0v) is 12.9. The van der Waals surface area contributed by atoms with Gasteiger partial charge in [-0.1, -0.05) is 11.3 Å². The van der Waals surface area contributed by atoms with E-state index >= 15 is 0 Å². The molecule has 0 saturated heterocycles. The normalized spacial score (nSPS) is 12.3. The molecule has 0 aliphatic rings. The van der Waals surface area contributed by atoms with Crippen LogP contribution >= 0.6 is 0 Å². The molecule has 2 heterocycles. The van der Waals surface area contributed by atoms with Gasteiger partial charge in [0, 0.05) is 17.6 Å². The summed E-state index contributed by atoms with van der Waals surface area (Å²) < 4.78 is 1.62. The van der Waals surface area contributed by atoms with Crippen LogP contribution in [-0.2, 0) is 0 Å². The number of aromatic nitrogens is 4. The lowest BCUT2D eigenvalue weighted by Crippen LogP contribution is -2.35. The molecule has 3 rings (SSSR count). The van der Waals surface area contributed by atoms with Gasteiger partial charge < -0.3 is 10.4 Å². The van der Waals surface area contributed by atoms with Crippen molar-refractivity contribution in [2.75, 3.05) is 6.61 Å². The van der Waals surface area contributed by atoms with E-state index in [0.717, 1.165) is 16.6 Å². The van der Waals surface area contributed by atoms with Crippen LogP contribution in [0.15, 0.2) is 36.5 Å². The Kier molecular flexibility index (Phi) is 4.03. The first-order valence-electron chi connectivity index (χ1n) is 7.29. The van der Waals surface area contributed by atoms with Crippen molar-refractivity contribution in [2.45, 2.75) is 19.9 Å². The largest absolute Gasteiger partial charge is 0.394 e. The Bertz CT molecular complexity index is 859. The van der Waals surface area contributed by atoms with E-state index in [-0.39, 0.29) is 24.2 Å². The first kappa shape index (κ1) is 15.1. The van der Waals surface area contributed by atoms with Crippen LogP contribution in [0.1, 0.15) is 23.1 Å². The van der Waals surface area contributed by atoms with Gasteiger partial charge in [0.1, 0.15) is 0 Å². The van der Waals surface area contributed by atoms with Gasteiger partial charge in [0.25, 0.3) is 5.91 Å². The van der Waals surface area contributed by atoms with Gasteiger partial charge in [0.05, 0.1) is 23.5 Å². The second-order valence-corrected chi connectivity index (χ2v) is 5.37. The molecule has 1 amide bonds. The Morgan fingerprint density at radius 2 is 2.22 bits per heavy atom. The summed E-state index contributed by atoms with van der Waals surface area (Å²) >= 11 is 0. The van der Waals surface area contributed by atoms with Gasteiger partial charge in [-0.15, -0.1) is 5.10 Å². The fraction of sp³-hybridized carbons (Fsp3) is 0.250. The molecule has 118 valence electrons. The number of nitrogens with zero attached hydrogens (tertiary/aromatic N) is 4. The average Bonchev–Trinajstić information content (AvgIpc) is 2.96. The van der Waals surface area contributed by atoms with Crippen LogP contribution in [-0.4, -0.2) is 43.6 Å². The topological polar surface area (TPSA) is 92.9 Å². The zero-order chi connectivity index (χ0) is 16.4. The van der Waals surface area contributed by atoms with Crippen molar-refractivity contribution in [3.63, 3.8) is 0 Å². The molecule has 3 aromatic rings. The van der Waals surface area contributed by atoms with Crippen molar-refractivity contribution in [3.05, 3.63) is 47.9 Å². The van der Waals surface area contributed by atoms with E-state index in [1.54, 1.807) is 24.7 Å². The van der Waals surface area contributed by atoms with Crippen molar-refractivity contribution in [3.8, 4) is 5.69 Å². The quantitative estimate of drug-likeness (QED) is 0.756. The fourth-order valence-electron chi connectivity index (χ4n) is 2.32. The van der Waals surface area contributed by atoms with Crippen LogP contribution in [0.4, 0.5) is 0 Å². The Balaban J connectivity index is 1.95. The number of hydrogen-bond donors (Lipinski definition) is 2. The fourth-order valence-corrected chi connectivity index (χ4v) is 2.32. The third-order valence-electron chi connectivity index (χ3n) is 3.59. The standard InChI is InChI=1S/C16H17N5O2/c1-10(9-22)18-16(23)15-11(2)21(20-19-15)13-5-6-14-12(8-13)4-3-7-17-14/h3-8,10,22H,9H2,1-2H3,(H,18,23). The highest BCUT2D eigenvalue weighted by atomic mass is 16.3. The molecule has 7 heteroatoms. The minimum atomic E-state index is -0.349. The van der Waals surface area contributed by atoms with E-state index < -0.39 is 0 Å². The molecule has 7 nitrogen and oxygen atoms in total. The molecule has 0 aliphatic carbocycles. The molecular weight excluding hydrogens is 294 g/mol. The number of aliphatic hydroxyl groups excluding tert-OH is 1. The summed E-state index contributed by atoms with van der Waals surface area (Å²) in [5.74, 6) is -0.349. The number of benzene rings is 1. The number of amides is 1. The number of pyridine rings is 1. The summed E-state index contributed by atoms with van der Waals surface area (Å²) in [5, 5.41) is 20.7. The number of rotatable bonds is 4. The molecule has 1 atom stereocenters. The number of fused-ring (bicyclic) bond motifs is 1. The van der Waals surface area contributed by atoms with Crippen molar-refractivity contribution < 1.29 is 9.90 Å². The van der Waals surface area contributed by atoms with Gasteiger partial charge in [-0.25, -0.2) is 4.68 Å². The Morgan fingerprint density at radius 1 is 1.39 bits per heavy atom. The molecule has 0 aliphatic heterocycles. The van der Waals surface area contributed by atoms with E-state index in [9.17, 15) is 4.79 Å². The number of hydrogen-bond acceptors (Lipinski definition) is 5. The molecule has 23 heavy (non-hydrogen) atoms. The number of aliphatic hydroxyl groups is 1. The maximum Gasteiger partial charge on any atom is 0.274 e. The highest BCUT2D eigenvalue weighted by molar-refractivity contribution is 5.93. The monoisotopic (exact) mass is 311 g/mol. The summed E-state index contributed by atoms with van der Waals surface area (Å²) in [6.07, 6.45) is 1.74. The predicted octanol–water partition coefficient (Wildman–Crippen LogP) is 1.23. The minimum Gasteiger partial charge on any atom is -0.394 e. The second kappa shape index (κ2) is 6.13. The van der Waals surface area contributed by atoms with E-state index in [1.165, 1.54) is 0 Å². The highest BCUT2D eigenvalue weighted by Gasteiger charge is 2.18. The smallest absolute Gasteiger partial charge is 0.274 e. The molecule has 2 aromatic heterocycles. The van der Waals surface area contributed by atoms with E-state index in [0.29, 0.717) is 5.69 Å². The molecule has 1 aromatic carbocycles. The number of carbonyl (C=O) groups is 1. The third-order valence-corrected chi connectivity index (χ3v) is 3.59. The highest BCUT2D eigenvalue weighted by Crippen LogP contribution is 2.18. The number of carbonyl (C=O) groups excluding carboxylic acids is 1. The first-order valence-corrected chi connectivity index (χ1v) is 7.29. The zero-order valence-electron chi connectivity index (χ0n) is 12.9. The number of nitrogens with one attached hydrogen (secondary N) is 1. The maximum absolute atomic E-state index is 12.1. The summed E-state index contributed by atoms with van der Waals surface area (Å²) in [4.78, 5) is 16.4. The lowest BCUT2D eigenvalue weighted by molar-refractivity contribution is 0.0916. The van der Waals surface area contributed by atoms with Gasteiger partial charge in [-0.05, 0) is 38.1 Å². The van der Waals surface area contributed by atoms with Gasteiger partial charge in [-0.2, -0.15) is 0 Å². The molecule has 0 fully saturated rings. The molecule has 2 N–H and O–H groups in total. The second-order valence-electron chi connectivity index (χ2n) is 5.37. The minimum absolute atomic E-state index is 0.128. The van der Waals surface area contributed by atoms with Crippen molar-refractivity contribution in [1.29, 1.82) is 0 Å². The van der Waals surface area contributed by atoms with Crippen molar-refractivity contribution >= 4 is 16.8 Å². The Morgan fingerprint density at radius 3 is 3.00 bits per heavy atom. The average molecular weight is 311 g/mol. The first-order chi connectivity index (χ1) is 11.1. The Labute approximate surface area is 133 Å². The molecular formula is C16H17N5O2.